The highest BCUT2D eigenvalue weighted by atomic mass is 35.5. The number of rotatable bonds is 4. The van der Waals surface area contributed by atoms with Crippen LogP contribution in [0.15, 0.2) is 30.9 Å². The molecule has 1 nitrogen and oxygen atoms in total. The fourth-order valence-electron chi connectivity index (χ4n) is 1.32. The lowest BCUT2D eigenvalue weighted by molar-refractivity contribution is 0.595. The Morgan fingerprint density at radius 1 is 1.64 bits per heavy atom. The first kappa shape index (κ1) is 11.2. The molecule has 1 rings (SSSR count). The van der Waals surface area contributed by atoms with Gasteiger partial charge < -0.3 is 5.32 Å². The van der Waals surface area contributed by atoms with E-state index in [4.69, 9.17) is 11.6 Å². The lowest BCUT2D eigenvalue weighted by Gasteiger charge is -2.14. The summed E-state index contributed by atoms with van der Waals surface area (Å²) in [6.45, 7) is 3.67. The Kier molecular flexibility index (Phi) is 4.11. The molecule has 0 heterocycles. The Morgan fingerprint density at radius 3 is 2.86 bits per heavy atom. The number of benzene rings is 1. The van der Waals surface area contributed by atoms with Gasteiger partial charge in [0.2, 0.25) is 0 Å². The summed E-state index contributed by atoms with van der Waals surface area (Å²) in [7, 11) is 1.85. The topological polar surface area (TPSA) is 12.0 Å². The van der Waals surface area contributed by atoms with Gasteiger partial charge in [0.1, 0.15) is 5.82 Å². The van der Waals surface area contributed by atoms with Gasteiger partial charge in [0, 0.05) is 6.04 Å². The molecule has 0 saturated heterocycles. The van der Waals surface area contributed by atoms with E-state index in [1.165, 1.54) is 6.07 Å². The summed E-state index contributed by atoms with van der Waals surface area (Å²) in [5.41, 5.74) is 0.971. The van der Waals surface area contributed by atoms with Crippen molar-refractivity contribution in [3.63, 3.8) is 0 Å². The van der Waals surface area contributed by atoms with Crippen molar-refractivity contribution in [2.24, 2.45) is 0 Å². The molecule has 1 atom stereocenters. The molecule has 0 aromatic heterocycles. The molecule has 14 heavy (non-hydrogen) atoms. The van der Waals surface area contributed by atoms with Crippen LogP contribution in [-0.4, -0.2) is 7.05 Å². The first-order valence-electron chi connectivity index (χ1n) is 4.42. The predicted octanol–water partition coefficient (Wildman–Crippen LogP) is 3.32. The lowest BCUT2D eigenvalue weighted by Crippen LogP contribution is -2.15. The Bertz CT molecular complexity index is 325. The van der Waals surface area contributed by atoms with Gasteiger partial charge in [-0.2, -0.15) is 0 Å². The minimum atomic E-state index is -0.385. The van der Waals surface area contributed by atoms with E-state index in [0.717, 1.165) is 12.0 Å². The SMILES string of the molecule is C=CCC(NC)c1ccc(F)c(Cl)c1. The van der Waals surface area contributed by atoms with Crippen molar-refractivity contribution in [2.75, 3.05) is 7.05 Å². The Hall–Kier alpha value is -0.860. The van der Waals surface area contributed by atoms with Crippen LogP contribution >= 0.6 is 11.6 Å². The summed E-state index contributed by atoms with van der Waals surface area (Å²) >= 11 is 5.69. The third kappa shape index (κ3) is 2.56. The number of halogens is 2. The van der Waals surface area contributed by atoms with Crippen LogP contribution in [0.1, 0.15) is 18.0 Å². The van der Waals surface area contributed by atoms with Gasteiger partial charge in [0.25, 0.3) is 0 Å². The molecular formula is C11H13ClFN. The van der Waals surface area contributed by atoms with E-state index in [0.29, 0.717) is 0 Å². The van der Waals surface area contributed by atoms with Crippen LogP contribution < -0.4 is 5.32 Å². The van der Waals surface area contributed by atoms with Crippen molar-refractivity contribution < 1.29 is 4.39 Å². The molecule has 0 aliphatic rings. The number of nitrogens with one attached hydrogen (secondary N) is 1. The third-order valence-electron chi connectivity index (χ3n) is 2.10. The molecule has 0 bridgehead atoms. The molecule has 0 fully saturated rings. The molecule has 1 aromatic rings. The van der Waals surface area contributed by atoms with Gasteiger partial charge in [0.15, 0.2) is 0 Å². The number of hydrogen-bond donors (Lipinski definition) is 1. The fourth-order valence-corrected chi connectivity index (χ4v) is 1.51. The van der Waals surface area contributed by atoms with Crippen LogP contribution in [0.3, 0.4) is 0 Å². The van der Waals surface area contributed by atoms with E-state index in [1.807, 2.05) is 13.1 Å². The molecule has 0 radical (unpaired) electrons. The van der Waals surface area contributed by atoms with Gasteiger partial charge in [0.05, 0.1) is 5.02 Å². The van der Waals surface area contributed by atoms with Crippen LogP contribution in [0.25, 0.3) is 0 Å². The summed E-state index contributed by atoms with van der Waals surface area (Å²) < 4.78 is 12.9. The zero-order valence-corrected chi connectivity index (χ0v) is 8.81. The van der Waals surface area contributed by atoms with Gasteiger partial charge in [-0.25, -0.2) is 4.39 Å². The highest BCUT2D eigenvalue weighted by Crippen LogP contribution is 2.22. The van der Waals surface area contributed by atoms with Crippen molar-refractivity contribution in [3.05, 3.63) is 47.3 Å². The molecule has 1 unspecified atom stereocenters. The molecule has 0 aliphatic heterocycles. The zero-order chi connectivity index (χ0) is 10.6. The summed E-state index contributed by atoms with van der Waals surface area (Å²) in [5.74, 6) is -0.385. The van der Waals surface area contributed by atoms with Crippen molar-refractivity contribution in [1.29, 1.82) is 0 Å². The first-order valence-corrected chi connectivity index (χ1v) is 4.80. The monoisotopic (exact) mass is 213 g/mol. The molecule has 76 valence electrons. The van der Waals surface area contributed by atoms with Gasteiger partial charge in [-0.05, 0) is 31.2 Å². The van der Waals surface area contributed by atoms with Gasteiger partial charge in [-0.3, -0.25) is 0 Å². The molecular weight excluding hydrogens is 201 g/mol. The van der Waals surface area contributed by atoms with Gasteiger partial charge in [-0.1, -0.05) is 23.7 Å². The minimum Gasteiger partial charge on any atom is -0.313 e. The Labute approximate surface area is 88.6 Å². The van der Waals surface area contributed by atoms with Crippen LogP contribution in [-0.2, 0) is 0 Å². The van der Waals surface area contributed by atoms with Crippen LogP contribution in [0, 0.1) is 5.82 Å². The highest BCUT2D eigenvalue weighted by molar-refractivity contribution is 6.30. The summed E-state index contributed by atoms with van der Waals surface area (Å²) in [6.07, 6.45) is 2.61. The van der Waals surface area contributed by atoms with E-state index in [-0.39, 0.29) is 16.9 Å². The highest BCUT2D eigenvalue weighted by Gasteiger charge is 2.09. The second kappa shape index (κ2) is 5.13. The first-order chi connectivity index (χ1) is 6.69. The maximum Gasteiger partial charge on any atom is 0.141 e. The van der Waals surface area contributed by atoms with Gasteiger partial charge in [-0.15, -0.1) is 6.58 Å². The average molecular weight is 214 g/mol. The van der Waals surface area contributed by atoms with Crippen molar-refractivity contribution in [1.82, 2.24) is 5.32 Å². The van der Waals surface area contributed by atoms with E-state index in [9.17, 15) is 4.39 Å². The van der Waals surface area contributed by atoms with E-state index >= 15 is 0 Å². The van der Waals surface area contributed by atoms with Crippen LogP contribution in [0.2, 0.25) is 5.02 Å². The lowest BCUT2D eigenvalue weighted by atomic mass is 10.0. The van der Waals surface area contributed by atoms with Gasteiger partial charge >= 0.3 is 0 Å². The van der Waals surface area contributed by atoms with Crippen molar-refractivity contribution >= 4 is 11.6 Å². The van der Waals surface area contributed by atoms with E-state index < -0.39 is 0 Å². The average Bonchev–Trinajstić information content (AvgIpc) is 2.19. The molecule has 0 spiro atoms. The van der Waals surface area contributed by atoms with Crippen molar-refractivity contribution in [3.8, 4) is 0 Å². The standard InChI is InChI=1S/C11H13ClFN/c1-3-4-11(14-2)8-5-6-10(13)9(12)7-8/h3,5-7,11,14H,1,4H2,2H3. The molecule has 1 N–H and O–H groups in total. The second-order valence-electron chi connectivity index (χ2n) is 3.04. The molecule has 0 aliphatic carbocycles. The maximum absolute atomic E-state index is 12.9. The smallest absolute Gasteiger partial charge is 0.141 e. The predicted molar refractivity (Wildman–Crippen MR) is 58.0 cm³/mol. The molecule has 3 heteroatoms. The zero-order valence-electron chi connectivity index (χ0n) is 8.06. The van der Waals surface area contributed by atoms with E-state index in [1.54, 1.807) is 12.1 Å². The molecule has 0 amide bonds. The summed E-state index contributed by atoms with van der Waals surface area (Å²) in [4.78, 5) is 0. The summed E-state index contributed by atoms with van der Waals surface area (Å²) in [6, 6.07) is 4.89. The second-order valence-corrected chi connectivity index (χ2v) is 3.45. The molecule has 0 saturated carbocycles. The van der Waals surface area contributed by atoms with E-state index in [2.05, 4.69) is 11.9 Å². The van der Waals surface area contributed by atoms with Crippen LogP contribution in [0.4, 0.5) is 4.39 Å². The fraction of sp³-hybridized carbons (Fsp3) is 0.273. The normalized spacial score (nSPS) is 12.5. The maximum atomic E-state index is 12.9. The van der Waals surface area contributed by atoms with Crippen LogP contribution in [0.5, 0.6) is 0 Å². The number of hydrogen-bond acceptors (Lipinski definition) is 1. The molecule has 1 aromatic carbocycles. The minimum absolute atomic E-state index is 0.144. The Morgan fingerprint density at radius 2 is 2.36 bits per heavy atom. The van der Waals surface area contributed by atoms with Crippen molar-refractivity contribution in [2.45, 2.75) is 12.5 Å². The largest absolute Gasteiger partial charge is 0.313 e. The third-order valence-corrected chi connectivity index (χ3v) is 2.39. The summed E-state index contributed by atoms with van der Waals surface area (Å²) in [5, 5.41) is 3.27. The Balaban J connectivity index is 2.93. The quantitative estimate of drug-likeness (QED) is 0.757.